The van der Waals surface area contributed by atoms with E-state index in [1.807, 2.05) is 0 Å². The molecule has 0 rings (SSSR count). The highest BCUT2D eigenvalue weighted by Crippen LogP contribution is 2.36. The number of hydrogen-bond donors (Lipinski definition) is 1. The van der Waals surface area contributed by atoms with Crippen molar-refractivity contribution >= 4 is 12.1 Å². The van der Waals surface area contributed by atoms with Gasteiger partial charge in [-0.3, -0.25) is 0 Å². The summed E-state index contributed by atoms with van der Waals surface area (Å²) in [5.41, 5.74) is -1.61. The van der Waals surface area contributed by atoms with Crippen molar-refractivity contribution in [3.63, 3.8) is 0 Å². The summed E-state index contributed by atoms with van der Waals surface area (Å²) in [6, 6.07) is 1.56. The highest BCUT2D eigenvalue weighted by molar-refractivity contribution is 5.86. The number of alkyl halides is 4. The van der Waals surface area contributed by atoms with Crippen LogP contribution in [0.1, 0.15) is 33.1 Å². The molecule has 0 aromatic heterocycles. The van der Waals surface area contributed by atoms with E-state index >= 15 is 0 Å². The molecule has 0 saturated heterocycles. The first-order chi connectivity index (χ1) is 11.9. The normalized spacial score (nSPS) is 14.5. The summed E-state index contributed by atoms with van der Waals surface area (Å²) in [5.74, 6) is -0.601. The molecule has 148 valence electrons. The minimum Gasteiger partial charge on any atom is -0.460 e. The molecule has 1 N–H and O–H groups in total. The molecule has 0 heterocycles. The Morgan fingerprint density at radius 1 is 1.27 bits per heavy atom. The maximum atomic E-state index is 13.8. The first kappa shape index (κ1) is 23.7. The molecular weight excluding hydrogens is 360 g/mol. The van der Waals surface area contributed by atoms with Crippen LogP contribution in [0.4, 0.5) is 22.4 Å². The van der Waals surface area contributed by atoms with Gasteiger partial charge in [0.2, 0.25) is 0 Å². The molecule has 0 bridgehead atoms. The van der Waals surface area contributed by atoms with Crippen molar-refractivity contribution in [1.29, 1.82) is 5.26 Å². The summed E-state index contributed by atoms with van der Waals surface area (Å²) < 4.78 is 60.0. The van der Waals surface area contributed by atoms with Gasteiger partial charge in [0, 0.05) is 5.57 Å². The molecule has 0 aliphatic heterocycles. The maximum absolute atomic E-state index is 13.8. The van der Waals surface area contributed by atoms with Gasteiger partial charge in [0.15, 0.2) is 0 Å². The second kappa shape index (κ2) is 10.6. The fourth-order valence-electron chi connectivity index (χ4n) is 1.79. The monoisotopic (exact) mass is 382 g/mol. The third-order valence-corrected chi connectivity index (χ3v) is 3.38. The molecule has 6 nitrogen and oxygen atoms in total. The lowest BCUT2D eigenvalue weighted by molar-refractivity contribution is -0.153. The standard InChI is InChI=1S/C16H22F4N2O4/c1-11(2)13(23)25-8-6-22-14(24)26-7-4-5-15(3,10-21)12(17)9-16(18,19)20/h12H,1,4-9H2,2-3H3,(H,22,24). The quantitative estimate of drug-likeness (QED) is 0.271. The number of rotatable bonds is 10. The van der Waals surface area contributed by atoms with Crippen molar-refractivity contribution in [2.75, 3.05) is 19.8 Å². The number of ether oxygens (including phenoxy) is 2. The summed E-state index contributed by atoms with van der Waals surface area (Å²) in [4.78, 5) is 22.4. The molecule has 0 radical (unpaired) electrons. The van der Waals surface area contributed by atoms with Crippen LogP contribution in [-0.2, 0) is 14.3 Å². The molecule has 26 heavy (non-hydrogen) atoms. The van der Waals surface area contributed by atoms with Gasteiger partial charge in [-0.25, -0.2) is 14.0 Å². The second-order valence-electron chi connectivity index (χ2n) is 5.90. The molecule has 0 aromatic rings. The van der Waals surface area contributed by atoms with E-state index < -0.39 is 36.2 Å². The zero-order valence-corrected chi connectivity index (χ0v) is 14.6. The van der Waals surface area contributed by atoms with Gasteiger partial charge in [-0.15, -0.1) is 0 Å². The predicted octanol–water partition coefficient (Wildman–Crippen LogP) is 3.43. The van der Waals surface area contributed by atoms with Crippen molar-refractivity contribution in [1.82, 2.24) is 5.32 Å². The van der Waals surface area contributed by atoms with Gasteiger partial charge in [0.05, 0.1) is 31.1 Å². The van der Waals surface area contributed by atoms with E-state index in [9.17, 15) is 27.2 Å². The van der Waals surface area contributed by atoms with Crippen LogP contribution in [0.15, 0.2) is 12.2 Å². The van der Waals surface area contributed by atoms with Crippen LogP contribution < -0.4 is 5.32 Å². The Morgan fingerprint density at radius 2 is 1.88 bits per heavy atom. The molecule has 2 atom stereocenters. The van der Waals surface area contributed by atoms with Crippen LogP contribution in [0, 0.1) is 16.7 Å². The number of carbonyl (C=O) groups excluding carboxylic acids is 2. The Kier molecular flexibility index (Phi) is 9.69. The van der Waals surface area contributed by atoms with E-state index in [1.54, 1.807) is 6.07 Å². The van der Waals surface area contributed by atoms with E-state index in [4.69, 9.17) is 14.7 Å². The first-order valence-corrected chi connectivity index (χ1v) is 7.76. The first-order valence-electron chi connectivity index (χ1n) is 7.76. The van der Waals surface area contributed by atoms with Crippen LogP contribution in [0.5, 0.6) is 0 Å². The molecule has 0 spiro atoms. The fraction of sp³-hybridized carbons (Fsp3) is 0.688. The molecule has 0 fully saturated rings. The highest BCUT2D eigenvalue weighted by Gasteiger charge is 2.42. The van der Waals surface area contributed by atoms with Crippen molar-refractivity contribution in [3.05, 3.63) is 12.2 Å². The van der Waals surface area contributed by atoms with Gasteiger partial charge in [0.25, 0.3) is 0 Å². The fourth-order valence-corrected chi connectivity index (χ4v) is 1.79. The third kappa shape index (κ3) is 9.86. The van der Waals surface area contributed by atoms with Crippen LogP contribution in [0.25, 0.3) is 0 Å². The molecule has 2 unspecified atom stereocenters. The largest absolute Gasteiger partial charge is 0.460 e. The molecule has 0 saturated carbocycles. The maximum Gasteiger partial charge on any atom is 0.407 e. The number of amides is 1. The Bertz CT molecular complexity index is 545. The topological polar surface area (TPSA) is 88.4 Å². The van der Waals surface area contributed by atoms with E-state index in [1.165, 1.54) is 6.92 Å². The van der Waals surface area contributed by atoms with Gasteiger partial charge < -0.3 is 14.8 Å². The summed E-state index contributed by atoms with van der Waals surface area (Å²) in [6.45, 7) is 5.65. The molecule has 10 heteroatoms. The van der Waals surface area contributed by atoms with Gasteiger partial charge in [-0.1, -0.05) is 6.58 Å². The average Bonchev–Trinajstić information content (AvgIpc) is 2.53. The van der Waals surface area contributed by atoms with Gasteiger partial charge >= 0.3 is 18.2 Å². The minimum atomic E-state index is -4.71. The van der Waals surface area contributed by atoms with Crippen LogP contribution in [0.2, 0.25) is 0 Å². The number of nitrogens with zero attached hydrogens (tertiary/aromatic N) is 1. The molecule has 0 aliphatic rings. The van der Waals surface area contributed by atoms with Crippen LogP contribution in [0.3, 0.4) is 0 Å². The number of nitrogens with one attached hydrogen (secondary N) is 1. The van der Waals surface area contributed by atoms with E-state index in [-0.39, 0.29) is 38.2 Å². The third-order valence-electron chi connectivity index (χ3n) is 3.38. The Hall–Kier alpha value is -2.31. The summed E-state index contributed by atoms with van der Waals surface area (Å²) in [5, 5.41) is 11.2. The van der Waals surface area contributed by atoms with E-state index in [0.29, 0.717) is 0 Å². The van der Waals surface area contributed by atoms with Crippen LogP contribution >= 0.6 is 0 Å². The molecule has 0 aromatic carbocycles. The van der Waals surface area contributed by atoms with Crippen molar-refractivity contribution in [2.45, 2.75) is 45.5 Å². The SMILES string of the molecule is C=C(C)C(=O)OCCNC(=O)OCCCC(C)(C#N)C(F)CC(F)(F)F. The Balaban J connectivity index is 4.08. The number of carbonyl (C=O) groups is 2. The van der Waals surface area contributed by atoms with Crippen molar-refractivity contribution in [2.24, 2.45) is 5.41 Å². The summed E-state index contributed by atoms with van der Waals surface area (Å²) in [6.07, 6.45) is -9.81. The lowest BCUT2D eigenvalue weighted by Crippen LogP contribution is -2.33. The smallest absolute Gasteiger partial charge is 0.407 e. The van der Waals surface area contributed by atoms with Gasteiger partial charge in [-0.2, -0.15) is 18.4 Å². The highest BCUT2D eigenvalue weighted by atomic mass is 19.4. The predicted molar refractivity (Wildman–Crippen MR) is 83.6 cm³/mol. The molecule has 0 aliphatic carbocycles. The number of halogens is 4. The Labute approximate surface area is 149 Å². The van der Waals surface area contributed by atoms with Crippen molar-refractivity contribution < 1.29 is 36.6 Å². The second-order valence-corrected chi connectivity index (χ2v) is 5.90. The Morgan fingerprint density at radius 3 is 2.38 bits per heavy atom. The zero-order valence-electron chi connectivity index (χ0n) is 14.6. The number of alkyl carbamates (subject to hydrolysis) is 1. The van der Waals surface area contributed by atoms with E-state index in [2.05, 4.69) is 11.9 Å². The zero-order chi connectivity index (χ0) is 20.4. The van der Waals surface area contributed by atoms with Crippen molar-refractivity contribution in [3.8, 4) is 6.07 Å². The lowest BCUT2D eigenvalue weighted by atomic mass is 9.81. The summed E-state index contributed by atoms with van der Waals surface area (Å²) in [7, 11) is 0. The minimum absolute atomic E-state index is 0.00803. The van der Waals surface area contributed by atoms with Gasteiger partial charge in [-0.05, 0) is 26.7 Å². The number of esters is 1. The van der Waals surface area contributed by atoms with E-state index in [0.717, 1.165) is 6.92 Å². The number of nitriles is 1. The number of hydrogen-bond acceptors (Lipinski definition) is 5. The van der Waals surface area contributed by atoms with Gasteiger partial charge in [0.1, 0.15) is 12.8 Å². The van der Waals surface area contributed by atoms with Crippen LogP contribution in [-0.4, -0.2) is 44.2 Å². The summed E-state index contributed by atoms with van der Waals surface area (Å²) >= 11 is 0. The average molecular weight is 382 g/mol. The molecular formula is C16H22F4N2O4. The lowest BCUT2D eigenvalue weighted by Gasteiger charge is -2.26. The molecule has 1 amide bonds.